The van der Waals surface area contributed by atoms with Gasteiger partial charge in [0.2, 0.25) is 0 Å². The molecule has 5 nitrogen and oxygen atoms in total. The third kappa shape index (κ3) is 3.70. The highest BCUT2D eigenvalue weighted by Crippen LogP contribution is 2.15. The van der Waals surface area contributed by atoms with E-state index in [1.165, 1.54) is 12.4 Å². The molecule has 1 amide bonds. The quantitative estimate of drug-likeness (QED) is 0.742. The minimum Gasteiger partial charge on any atom is -0.395 e. The van der Waals surface area contributed by atoms with Gasteiger partial charge < -0.3 is 10.4 Å². The summed E-state index contributed by atoms with van der Waals surface area (Å²) in [6.07, 6.45) is 3.44. The summed E-state index contributed by atoms with van der Waals surface area (Å²) in [5, 5.41) is 17.8. The number of aryl methyl sites for hydroxylation is 1. The molecule has 0 aliphatic rings. The van der Waals surface area contributed by atoms with Gasteiger partial charge in [-0.2, -0.15) is 5.10 Å². The second kappa shape index (κ2) is 6.55. The summed E-state index contributed by atoms with van der Waals surface area (Å²) in [4.78, 5) is 11.9. The number of hydrogen-bond acceptors (Lipinski definition) is 3. The van der Waals surface area contributed by atoms with Crippen LogP contribution in [0, 0.1) is 18.8 Å². The highest BCUT2D eigenvalue weighted by Gasteiger charge is 2.07. The van der Waals surface area contributed by atoms with Gasteiger partial charge in [-0.3, -0.25) is 9.89 Å². The Labute approximate surface area is 117 Å². The monoisotopic (exact) mass is 269 g/mol. The molecule has 20 heavy (non-hydrogen) atoms. The third-order valence-electron chi connectivity index (χ3n) is 2.57. The summed E-state index contributed by atoms with van der Waals surface area (Å²) in [5.74, 6) is 5.59. The number of aliphatic hydroxyl groups excluding tert-OH is 1. The fourth-order valence-corrected chi connectivity index (χ4v) is 1.73. The largest absolute Gasteiger partial charge is 0.395 e. The maximum atomic E-state index is 11.9. The Bertz CT molecular complexity index is 651. The highest BCUT2D eigenvalue weighted by atomic mass is 16.2. The molecular formula is C15H15N3O2. The lowest BCUT2D eigenvalue weighted by Gasteiger charge is -2.05. The molecular weight excluding hydrogens is 254 g/mol. The first-order valence-corrected chi connectivity index (χ1v) is 6.20. The molecule has 1 heterocycles. The minimum atomic E-state index is -0.224. The molecule has 0 aliphatic heterocycles. The van der Waals surface area contributed by atoms with Gasteiger partial charge in [0.1, 0.15) is 0 Å². The first kappa shape index (κ1) is 13.8. The average molecular weight is 269 g/mol. The van der Waals surface area contributed by atoms with Crippen molar-refractivity contribution < 1.29 is 9.90 Å². The molecule has 0 saturated carbocycles. The van der Waals surface area contributed by atoms with Crippen molar-refractivity contribution in [3.8, 4) is 11.8 Å². The smallest absolute Gasteiger partial charge is 0.258 e. The molecule has 5 heteroatoms. The molecule has 0 saturated heterocycles. The number of hydrogen-bond donors (Lipinski definition) is 3. The lowest BCUT2D eigenvalue weighted by molar-refractivity contribution is 0.102. The summed E-state index contributed by atoms with van der Waals surface area (Å²) in [6, 6.07) is 5.60. The van der Waals surface area contributed by atoms with E-state index in [0.29, 0.717) is 17.7 Å². The molecule has 0 radical (unpaired) electrons. The van der Waals surface area contributed by atoms with E-state index in [9.17, 15) is 4.79 Å². The van der Waals surface area contributed by atoms with Crippen LogP contribution in [0.25, 0.3) is 0 Å². The molecule has 0 fully saturated rings. The van der Waals surface area contributed by atoms with Gasteiger partial charge in [0.25, 0.3) is 5.91 Å². The minimum absolute atomic E-state index is 0.0445. The molecule has 1 aromatic heterocycles. The maximum absolute atomic E-state index is 11.9. The third-order valence-corrected chi connectivity index (χ3v) is 2.57. The second-order valence-electron chi connectivity index (χ2n) is 4.30. The molecule has 0 unspecified atom stereocenters. The lowest BCUT2D eigenvalue weighted by Crippen LogP contribution is -2.11. The maximum Gasteiger partial charge on any atom is 0.258 e. The molecule has 1 aromatic carbocycles. The van der Waals surface area contributed by atoms with Crippen LogP contribution in [-0.4, -0.2) is 27.8 Å². The van der Waals surface area contributed by atoms with Gasteiger partial charge >= 0.3 is 0 Å². The predicted molar refractivity (Wildman–Crippen MR) is 76.3 cm³/mol. The number of H-pyrrole nitrogens is 1. The van der Waals surface area contributed by atoms with E-state index in [1.54, 1.807) is 6.07 Å². The van der Waals surface area contributed by atoms with E-state index in [-0.39, 0.29) is 12.5 Å². The summed E-state index contributed by atoms with van der Waals surface area (Å²) in [5.41, 5.74) is 2.97. The normalized spacial score (nSPS) is 9.70. The highest BCUT2D eigenvalue weighted by molar-refractivity contribution is 6.04. The molecule has 0 bridgehead atoms. The number of carbonyl (C=O) groups excluding carboxylic acids is 1. The first-order valence-electron chi connectivity index (χ1n) is 6.20. The van der Waals surface area contributed by atoms with Crippen molar-refractivity contribution in [1.82, 2.24) is 10.2 Å². The van der Waals surface area contributed by atoms with E-state index in [0.717, 1.165) is 11.1 Å². The van der Waals surface area contributed by atoms with Crippen molar-refractivity contribution in [2.75, 3.05) is 11.9 Å². The Morgan fingerprint density at radius 1 is 1.45 bits per heavy atom. The summed E-state index contributed by atoms with van der Waals surface area (Å²) < 4.78 is 0. The molecule has 0 spiro atoms. The lowest BCUT2D eigenvalue weighted by atomic mass is 10.1. The van der Waals surface area contributed by atoms with Crippen LogP contribution in [0.3, 0.4) is 0 Å². The zero-order chi connectivity index (χ0) is 14.4. The van der Waals surface area contributed by atoms with E-state index in [4.69, 9.17) is 5.11 Å². The predicted octanol–water partition coefficient (Wildman–Crippen LogP) is 1.70. The number of nitrogens with zero attached hydrogens (tertiary/aromatic N) is 1. The van der Waals surface area contributed by atoms with E-state index in [2.05, 4.69) is 27.4 Å². The van der Waals surface area contributed by atoms with Gasteiger partial charge in [0.15, 0.2) is 0 Å². The number of carbonyl (C=O) groups is 1. The van der Waals surface area contributed by atoms with Crippen molar-refractivity contribution in [2.45, 2.75) is 13.3 Å². The van der Waals surface area contributed by atoms with Gasteiger partial charge in [0, 0.05) is 23.9 Å². The van der Waals surface area contributed by atoms with Gasteiger partial charge in [0.05, 0.1) is 18.4 Å². The fraction of sp³-hybridized carbons (Fsp3) is 0.200. The van der Waals surface area contributed by atoms with E-state index < -0.39 is 0 Å². The summed E-state index contributed by atoms with van der Waals surface area (Å²) in [6.45, 7) is 1.98. The number of nitrogens with one attached hydrogen (secondary N) is 2. The Morgan fingerprint density at radius 3 is 3.00 bits per heavy atom. The summed E-state index contributed by atoms with van der Waals surface area (Å²) in [7, 11) is 0. The van der Waals surface area contributed by atoms with E-state index >= 15 is 0 Å². The van der Waals surface area contributed by atoms with Crippen molar-refractivity contribution in [3.63, 3.8) is 0 Å². The van der Waals surface area contributed by atoms with Gasteiger partial charge in [-0.15, -0.1) is 0 Å². The number of aromatic nitrogens is 2. The van der Waals surface area contributed by atoms with Crippen molar-refractivity contribution in [3.05, 3.63) is 47.3 Å². The fourth-order valence-electron chi connectivity index (χ4n) is 1.73. The van der Waals surface area contributed by atoms with Crippen molar-refractivity contribution >= 4 is 11.6 Å². The molecule has 3 N–H and O–H groups in total. The van der Waals surface area contributed by atoms with Crippen LogP contribution < -0.4 is 5.32 Å². The van der Waals surface area contributed by atoms with Gasteiger partial charge in [-0.25, -0.2) is 0 Å². The number of rotatable bonds is 3. The molecule has 2 rings (SSSR count). The Balaban J connectivity index is 2.16. The molecule has 102 valence electrons. The average Bonchev–Trinajstić information content (AvgIpc) is 2.92. The topological polar surface area (TPSA) is 78.0 Å². The second-order valence-corrected chi connectivity index (χ2v) is 4.30. The Hall–Kier alpha value is -2.58. The molecule has 0 atom stereocenters. The van der Waals surface area contributed by atoms with E-state index in [1.807, 2.05) is 19.1 Å². The number of aromatic amines is 1. The standard InChI is InChI=1S/C15H15N3O2/c1-11-6-12(4-2-3-5-19)8-14(7-11)18-15(20)13-9-16-17-10-13/h6-10,19H,3,5H2,1H3,(H,16,17)(H,18,20). The van der Waals surface area contributed by atoms with Crippen LogP contribution in [0.4, 0.5) is 5.69 Å². The van der Waals surface area contributed by atoms with Gasteiger partial charge in [-0.1, -0.05) is 11.8 Å². The zero-order valence-corrected chi connectivity index (χ0v) is 11.1. The van der Waals surface area contributed by atoms with Crippen LogP contribution >= 0.6 is 0 Å². The van der Waals surface area contributed by atoms with Crippen LogP contribution in [0.5, 0.6) is 0 Å². The number of anilines is 1. The van der Waals surface area contributed by atoms with Crippen LogP contribution in [0.2, 0.25) is 0 Å². The Kier molecular flexibility index (Phi) is 4.53. The number of aliphatic hydroxyl groups is 1. The van der Waals surface area contributed by atoms with Gasteiger partial charge in [-0.05, 0) is 30.7 Å². The molecule has 2 aromatic rings. The van der Waals surface area contributed by atoms with Crippen LogP contribution in [0.15, 0.2) is 30.6 Å². The van der Waals surface area contributed by atoms with Crippen molar-refractivity contribution in [1.29, 1.82) is 0 Å². The van der Waals surface area contributed by atoms with Crippen LogP contribution in [-0.2, 0) is 0 Å². The Morgan fingerprint density at radius 2 is 2.30 bits per heavy atom. The van der Waals surface area contributed by atoms with Crippen LogP contribution in [0.1, 0.15) is 27.9 Å². The van der Waals surface area contributed by atoms with Crippen molar-refractivity contribution in [2.24, 2.45) is 0 Å². The SMILES string of the molecule is Cc1cc(C#CCCO)cc(NC(=O)c2cn[nH]c2)c1. The summed E-state index contributed by atoms with van der Waals surface area (Å²) >= 11 is 0. The zero-order valence-electron chi connectivity index (χ0n) is 11.1. The first-order chi connectivity index (χ1) is 9.69. The number of amides is 1. The molecule has 0 aliphatic carbocycles. The number of benzene rings is 1.